The van der Waals surface area contributed by atoms with Crippen molar-refractivity contribution in [3.05, 3.63) is 17.0 Å². The minimum absolute atomic E-state index is 0.469. The molecule has 2 aromatic heterocycles. The molecule has 5 heteroatoms. The van der Waals surface area contributed by atoms with E-state index in [9.17, 15) is 0 Å². The largest absolute Gasteiger partial charge is 0.240 e. The third kappa shape index (κ3) is 1.07. The Morgan fingerprint density at radius 3 is 2.85 bits per heavy atom. The van der Waals surface area contributed by atoms with Gasteiger partial charge in [-0.1, -0.05) is 4.49 Å². The minimum atomic E-state index is 0.469. The normalized spacial score (nSPS) is 10.2. The first-order valence-corrected chi connectivity index (χ1v) is 4.50. The smallest absolute Gasteiger partial charge is 0.145 e. The number of aryl methyl sites for hydroxylation is 2. The molecule has 2 aromatic rings. The van der Waals surface area contributed by atoms with Crippen LogP contribution in [0.3, 0.4) is 0 Å². The van der Waals surface area contributed by atoms with Crippen LogP contribution < -0.4 is 0 Å². The zero-order valence-electron chi connectivity index (χ0n) is 7.20. The van der Waals surface area contributed by atoms with Crippen molar-refractivity contribution >= 4 is 21.7 Å². The van der Waals surface area contributed by atoms with E-state index in [0.717, 1.165) is 21.5 Å². The first-order valence-electron chi connectivity index (χ1n) is 3.73. The summed E-state index contributed by atoms with van der Waals surface area (Å²) in [5, 5.41) is 12.7. The Morgan fingerprint density at radius 2 is 2.15 bits per heavy atom. The molecular weight excluding hydrogens is 184 g/mol. The molecular formula is C8H6N4S. The molecule has 0 N–H and O–H groups in total. The molecule has 0 amide bonds. The Kier molecular flexibility index (Phi) is 1.71. The lowest BCUT2D eigenvalue weighted by Crippen LogP contribution is -1.92. The van der Waals surface area contributed by atoms with E-state index in [4.69, 9.17) is 5.26 Å². The summed E-state index contributed by atoms with van der Waals surface area (Å²) >= 11 is 1.31. The quantitative estimate of drug-likeness (QED) is 0.632. The number of hydrogen-bond acceptors (Lipinski definition) is 5. The van der Waals surface area contributed by atoms with E-state index in [1.807, 2.05) is 13.8 Å². The maximum absolute atomic E-state index is 8.79. The van der Waals surface area contributed by atoms with Gasteiger partial charge in [-0.3, -0.25) is 0 Å². The molecule has 0 aliphatic carbocycles. The highest BCUT2D eigenvalue weighted by atomic mass is 32.1. The van der Waals surface area contributed by atoms with Crippen LogP contribution in [0.4, 0.5) is 0 Å². The van der Waals surface area contributed by atoms with E-state index in [1.165, 1.54) is 11.5 Å². The standard InChI is InChI=1S/C8H6N4S/c1-4-6(3-9)10-5(2)7-8(4)13-12-11-7/h1-2H3. The van der Waals surface area contributed by atoms with Gasteiger partial charge in [-0.15, -0.1) is 5.10 Å². The molecule has 0 spiro atoms. The monoisotopic (exact) mass is 190 g/mol. The summed E-state index contributed by atoms with van der Waals surface area (Å²) in [5.41, 5.74) is 2.92. The summed E-state index contributed by atoms with van der Waals surface area (Å²) in [6.45, 7) is 3.71. The van der Waals surface area contributed by atoms with E-state index in [2.05, 4.69) is 20.6 Å². The molecule has 0 saturated heterocycles. The Hall–Kier alpha value is -1.54. The summed E-state index contributed by atoms with van der Waals surface area (Å²) < 4.78 is 4.80. The second-order valence-corrected chi connectivity index (χ2v) is 3.49. The van der Waals surface area contributed by atoms with Gasteiger partial charge >= 0.3 is 0 Å². The van der Waals surface area contributed by atoms with Gasteiger partial charge in [0.15, 0.2) is 0 Å². The van der Waals surface area contributed by atoms with Crippen molar-refractivity contribution in [2.24, 2.45) is 0 Å². The Morgan fingerprint density at radius 1 is 1.38 bits per heavy atom. The highest BCUT2D eigenvalue weighted by Gasteiger charge is 2.10. The van der Waals surface area contributed by atoms with Crippen LogP contribution in [-0.2, 0) is 0 Å². The third-order valence-corrected chi connectivity index (χ3v) is 2.76. The van der Waals surface area contributed by atoms with Crippen molar-refractivity contribution in [3.8, 4) is 6.07 Å². The van der Waals surface area contributed by atoms with Gasteiger partial charge < -0.3 is 0 Å². The third-order valence-electron chi connectivity index (χ3n) is 1.91. The van der Waals surface area contributed by atoms with Crippen molar-refractivity contribution < 1.29 is 0 Å². The molecule has 0 unspecified atom stereocenters. The maximum Gasteiger partial charge on any atom is 0.145 e. The average Bonchev–Trinajstić information content (AvgIpc) is 2.60. The lowest BCUT2D eigenvalue weighted by atomic mass is 10.2. The van der Waals surface area contributed by atoms with Gasteiger partial charge in [0, 0.05) is 5.56 Å². The van der Waals surface area contributed by atoms with Gasteiger partial charge in [0.1, 0.15) is 17.3 Å². The zero-order valence-corrected chi connectivity index (χ0v) is 8.01. The first-order chi connectivity index (χ1) is 6.24. The molecule has 0 aliphatic heterocycles. The van der Waals surface area contributed by atoms with Crippen molar-refractivity contribution in [3.63, 3.8) is 0 Å². The highest BCUT2D eigenvalue weighted by Crippen LogP contribution is 2.23. The predicted octanol–water partition coefficient (Wildman–Crippen LogP) is 1.57. The number of hydrogen-bond donors (Lipinski definition) is 0. The van der Waals surface area contributed by atoms with Crippen molar-refractivity contribution in [2.75, 3.05) is 0 Å². The lowest BCUT2D eigenvalue weighted by molar-refractivity contribution is 1.12. The van der Waals surface area contributed by atoms with Crippen LogP contribution in [0.25, 0.3) is 10.2 Å². The van der Waals surface area contributed by atoms with Gasteiger partial charge in [-0.25, -0.2) is 4.98 Å². The zero-order chi connectivity index (χ0) is 9.42. The molecule has 0 saturated carbocycles. The molecule has 0 atom stereocenters. The van der Waals surface area contributed by atoms with Crippen LogP contribution in [0.15, 0.2) is 0 Å². The van der Waals surface area contributed by atoms with Gasteiger partial charge in [0.05, 0.1) is 10.4 Å². The number of aromatic nitrogens is 3. The van der Waals surface area contributed by atoms with Crippen molar-refractivity contribution in [1.82, 2.24) is 14.6 Å². The summed E-state index contributed by atoms with van der Waals surface area (Å²) in [5.74, 6) is 0. The lowest BCUT2D eigenvalue weighted by Gasteiger charge is -1.98. The topological polar surface area (TPSA) is 62.5 Å². The van der Waals surface area contributed by atoms with E-state index < -0.39 is 0 Å². The van der Waals surface area contributed by atoms with Gasteiger partial charge in [-0.2, -0.15) is 5.26 Å². The molecule has 2 rings (SSSR count). The van der Waals surface area contributed by atoms with Crippen LogP contribution >= 0.6 is 11.5 Å². The van der Waals surface area contributed by atoms with Crippen molar-refractivity contribution in [1.29, 1.82) is 5.26 Å². The molecule has 13 heavy (non-hydrogen) atoms. The van der Waals surface area contributed by atoms with Crippen LogP contribution in [0, 0.1) is 25.2 Å². The van der Waals surface area contributed by atoms with E-state index in [-0.39, 0.29) is 0 Å². The summed E-state index contributed by atoms with van der Waals surface area (Å²) in [6, 6.07) is 2.06. The van der Waals surface area contributed by atoms with Gasteiger partial charge in [0.2, 0.25) is 0 Å². The van der Waals surface area contributed by atoms with Crippen LogP contribution in [0.5, 0.6) is 0 Å². The fourth-order valence-electron chi connectivity index (χ4n) is 1.19. The first kappa shape index (κ1) is 8.08. The number of nitriles is 1. The van der Waals surface area contributed by atoms with E-state index >= 15 is 0 Å². The maximum atomic E-state index is 8.79. The molecule has 0 fully saturated rings. The molecule has 64 valence electrons. The molecule has 0 aliphatic rings. The molecule has 0 aromatic carbocycles. The second-order valence-electron chi connectivity index (χ2n) is 2.73. The summed E-state index contributed by atoms with van der Waals surface area (Å²) in [6.07, 6.45) is 0. The van der Waals surface area contributed by atoms with Crippen LogP contribution in [-0.4, -0.2) is 14.6 Å². The SMILES string of the molecule is Cc1nc(C#N)c(C)c2snnc12. The minimum Gasteiger partial charge on any atom is -0.240 e. The van der Waals surface area contributed by atoms with Crippen LogP contribution in [0.1, 0.15) is 17.0 Å². The number of fused-ring (bicyclic) bond motifs is 1. The van der Waals surface area contributed by atoms with Crippen LogP contribution in [0.2, 0.25) is 0 Å². The second kappa shape index (κ2) is 2.75. The Balaban J connectivity index is 2.95. The van der Waals surface area contributed by atoms with Gasteiger partial charge in [-0.05, 0) is 25.4 Å². The Bertz CT molecular complexity index is 509. The summed E-state index contributed by atoms with van der Waals surface area (Å²) in [4.78, 5) is 4.13. The predicted molar refractivity (Wildman–Crippen MR) is 49.4 cm³/mol. The van der Waals surface area contributed by atoms with E-state index in [1.54, 1.807) is 0 Å². The molecule has 0 radical (unpaired) electrons. The number of pyridine rings is 1. The van der Waals surface area contributed by atoms with E-state index in [0.29, 0.717) is 5.69 Å². The number of nitrogens with zero attached hydrogens (tertiary/aromatic N) is 4. The molecule has 4 nitrogen and oxygen atoms in total. The summed E-state index contributed by atoms with van der Waals surface area (Å²) in [7, 11) is 0. The van der Waals surface area contributed by atoms with Gasteiger partial charge in [0.25, 0.3) is 0 Å². The average molecular weight is 190 g/mol. The molecule has 0 bridgehead atoms. The Labute approximate surface area is 79.0 Å². The fraction of sp³-hybridized carbons (Fsp3) is 0.250. The number of rotatable bonds is 0. The molecule has 2 heterocycles. The van der Waals surface area contributed by atoms with Crippen molar-refractivity contribution in [2.45, 2.75) is 13.8 Å². The fourth-order valence-corrected chi connectivity index (χ4v) is 1.91. The highest BCUT2D eigenvalue weighted by molar-refractivity contribution is 7.13.